The lowest BCUT2D eigenvalue weighted by atomic mass is 10.0. The maximum absolute atomic E-state index is 10.7. The van der Waals surface area contributed by atoms with Crippen LogP contribution in [0, 0.1) is 5.92 Å². The van der Waals surface area contributed by atoms with Gasteiger partial charge in [0.05, 0.1) is 12.3 Å². The van der Waals surface area contributed by atoms with Crippen molar-refractivity contribution in [1.29, 1.82) is 0 Å². The van der Waals surface area contributed by atoms with Gasteiger partial charge in [0.15, 0.2) is 11.6 Å². The first-order valence-corrected chi connectivity index (χ1v) is 3.09. The van der Waals surface area contributed by atoms with Gasteiger partial charge in [0.2, 0.25) is 0 Å². The number of carboxylic acid groups (broad SMARTS) is 1. The average molecular weight is 154 g/mol. The molecular formula is C7H6O4. The molecule has 0 aliphatic heterocycles. The third-order valence-corrected chi connectivity index (χ3v) is 1.48. The van der Waals surface area contributed by atoms with Gasteiger partial charge in [0.1, 0.15) is 0 Å². The van der Waals surface area contributed by atoms with E-state index in [4.69, 9.17) is 5.11 Å². The molecule has 0 bridgehead atoms. The molecule has 1 N–H and O–H groups in total. The van der Waals surface area contributed by atoms with Crippen molar-refractivity contribution in [3.8, 4) is 0 Å². The minimum absolute atomic E-state index is 0.398. The lowest BCUT2D eigenvalue weighted by Crippen LogP contribution is -2.19. The van der Waals surface area contributed by atoms with Gasteiger partial charge in [-0.25, -0.2) is 0 Å². The van der Waals surface area contributed by atoms with E-state index in [-0.39, 0.29) is 0 Å². The second-order valence-corrected chi connectivity index (χ2v) is 2.29. The smallest absolute Gasteiger partial charge is 0.304 e. The minimum Gasteiger partial charge on any atom is -0.481 e. The predicted molar refractivity (Wildman–Crippen MR) is 34.9 cm³/mol. The highest BCUT2D eigenvalue weighted by Gasteiger charge is 2.29. The van der Waals surface area contributed by atoms with Crippen molar-refractivity contribution in [1.82, 2.24) is 0 Å². The Kier molecular flexibility index (Phi) is 1.85. The Morgan fingerprint density at radius 1 is 1.36 bits per heavy atom. The molecule has 0 amide bonds. The van der Waals surface area contributed by atoms with Gasteiger partial charge in [-0.3, -0.25) is 14.4 Å². The summed E-state index contributed by atoms with van der Waals surface area (Å²) in [6, 6.07) is 0. The quantitative estimate of drug-likeness (QED) is 0.558. The van der Waals surface area contributed by atoms with Crippen LogP contribution in [0.15, 0.2) is 12.2 Å². The number of carbonyl (C=O) groups excluding carboxylic acids is 2. The molecule has 0 spiro atoms. The lowest BCUT2D eigenvalue weighted by molar-refractivity contribution is -0.142. The molecule has 4 heteroatoms. The van der Waals surface area contributed by atoms with E-state index in [2.05, 4.69) is 0 Å². The first-order chi connectivity index (χ1) is 5.11. The van der Waals surface area contributed by atoms with Crippen molar-refractivity contribution in [2.45, 2.75) is 6.42 Å². The summed E-state index contributed by atoms with van der Waals surface area (Å²) in [6.07, 6.45) is 1.84. The molecule has 0 unspecified atom stereocenters. The van der Waals surface area contributed by atoms with E-state index in [9.17, 15) is 14.4 Å². The summed E-state index contributed by atoms with van der Waals surface area (Å²) in [5.74, 6) is -2.90. The number of carbonyl (C=O) groups is 3. The van der Waals surface area contributed by atoms with Gasteiger partial charge in [-0.05, 0) is 12.2 Å². The second-order valence-electron chi connectivity index (χ2n) is 2.29. The average Bonchev–Trinajstić information content (AvgIpc) is 2.18. The number of ketones is 2. The van der Waals surface area contributed by atoms with Crippen LogP contribution in [0.25, 0.3) is 0 Å². The number of hydrogen-bond acceptors (Lipinski definition) is 3. The normalized spacial score (nSPS) is 17.8. The van der Waals surface area contributed by atoms with E-state index >= 15 is 0 Å². The molecule has 1 aliphatic rings. The molecule has 0 aromatic rings. The number of rotatable bonds is 2. The molecule has 0 saturated heterocycles. The first-order valence-electron chi connectivity index (χ1n) is 3.09. The molecule has 0 fully saturated rings. The summed E-state index contributed by atoms with van der Waals surface area (Å²) < 4.78 is 0. The van der Waals surface area contributed by atoms with Crippen LogP contribution in [0.3, 0.4) is 0 Å². The van der Waals surface area contributed by atoms with Crippen molar-refractivity contribution >= 4 is 17.5 Å². The zero-order valence-corrected chi connectivity index (χ0v) is 5.61. The Morgan fingerprint density at radius 2 is 1.82 bits per heavy atom. The fraction of sp³-hybridized carbons (Fsp3) is 0.286. The van der Waals surface area contributed by atoms with Crippen LogP contribution in [0.4, 0.5) is 0 Å². The van der Waals surface area contributed by atoms with Crippen LogP contribution in [-0.4, -0.2) is 22.6 Å². The molecule has 0 heterocycles. The summed E-state index contributed by atoms with van der Waals surface area (Å²) >= 11 is 0. The Morgan fingerprint density at radius 3 is 2.18 bits per heavy atom. The molecule has 11 heavy (non-hydrogen) atoms. The van der Waals surface area contributed by atoms with Gasteiger partial charge < -0.3 is 5.11 Å². The zero-order valence-electron chi connectivity index (χ0n) is 5.61. The van der Waals surface area contributed by atoms with Crippen LogP contribution in [-0.2, 0) is 14.4 Å². The van der Waals surface area contributed by atoms with E-state index in [1.165, 1.54) is 0 Å². The van der Waals surface area contributed by atoms with Crippen molar-refractivity contribution in [2.24, 2.45) is 5.92 Å². The standard InChI is InChI=1S/C7H6O4/c8-5-1-2-6(9)4(5)3-7(10)11/h1-2,4H,3H2,(H,10,11). The van der Waals surface area contributed by atoms with E-state index in [1.54, 1.807) is 0 Å². The molecule has 1 rings (SSSR count). The van der Waals surface area contributed by atoms with Gasteiger partial charge in [-0.2, -0.15) is 0 Å². The van der Waals surface area contributed by atoms with Gasteiger partial charge in [0, 0.05) is 0 Å². The highest BCUT2D eigenvalue weighted by molar-refractivity contribution is 6.19. The van der Waals surface area contributed by atoms with E-state index in [0.717, 1.165) is 12.2 Å². The highest BCUT2D eigenvalue weighted by atomic mass is 16.4. The molecule has 0 saturated carbocycles. The SMILES string of the molecule is O=C(O)CC1C(=O)C=CC1=O. The van der Waals surface area contributed by atoms with Crippen LogP contribution in [0.1, 0.15) is 6.42 Å². The van der Waals surface area contributed by atoms with Crippen molar-refractivity contribution in [3.05, 3.63) is 12.2 Å². The van der Waals surface area contributed by atoms with Gasteiger partial charge in [-0.15, -0.1) is 0 Å². The molecule has 4 nitrogen and oxygen atoms in total. The van der Waals surface area contributed by atoms with Crippen LogP contribution in [0.5, 0.6) is 0 Å². The number of allylic oxidation sites excluding steroid dienone is 2. The largest absolute Gasteiger partial charge is 0.481 e. The fourth-order valence-electron chi connectivity index (χ4n) is 0.913. The Balaban J connectivity index is 2.66. The van der Waals surface area contributed by atoms with E-state index in [1.807, 2.05) is 0 Å². The second kappa shape index (κ2) is 2.65. The van der Waals surface area contributed by atoms with Gasteiger partial charge in [0.25, 0.3) is 0 Å². The Hall–Kier alpha value is -1.45. The number of hydrogen-bond donors (Lipinski definition) is 1. The van der Waals surface area contributed by atoms with Crippen molar-refractivity contribution in [3.63, 3.8) is 0 Å². The summed E-state index contributed by atoms with van der Waals surface area (Å²) in [7, 11) is 0. The summed E-state index contributed by atoms with van der Waals surface area (Å²) in [5, 5.41) is 8.28. The molecule has 0 atom stereocenters. The maximum Gasteiger partial charge on any atom is 0.304 e. The van der Waals surface area contributed by atoms with Crippen LogP contribution < -0.4 is 0 Å². The third-order valence-electron chi connectivity index (χ3n) is 1.48. The predicted octanol–water partition coefficient (Wildman–Crippen LogP) is -0.215. The van der Waals surface area contributed by atoms with E-state index < -0.39 is 29.9 Å². The molecule has 0 radical (unpaired) electrons. The third kappa shape index (κ3) is 1.52. The molecule has 1 aliphatic carbocycles. The number of aliphatic carboxylic acids is 1. The summed E-state index contributed by atoms with van der Waals surface area (Å²) in [6.45, 7) is 0. The summed E-state index contributed by atoms with van der Waals surface area (Å²) in [5.41, 5.74) is 0. The molecular weight excluding hydrogens is 148 g/mol. The van der Waals surface area contributed by atoms with Gasteiger partial charge >= 0.3 is 5.97 Å². The molecule has 58 valence electrons. The molecule has 0 aromatic carbocycles. The Bertz CT molecular complexity index is 233. The minimum atomic E-state index is -1.12. The monoisotopic (exact) mass is 154 g/mol. The lowest BCUT2D eigenvalue weighted by Gasteiger charge is -2.00. The zero-order chi connectivity index (χ0) is 8.43. The van der Waals surface area contributed by atoms with Crippen molar-refractivity contribution < 1.29 is 19.5 Å². The maximum atomic E-state index is 10.7. The van der Waals surface area contributed by atoms with Crippen molar-refractivity contribution in [2.75, 3.05) is 0 Å². The van der Waals surface area contributed by atoms with Crippen LogP contribution in [0.2, 0.25) is 0 Å². The summed E-state index contributed by atoms with van der Waals surface area (Å²) in [4.78, 5) is 31.6. The van der Waals surface area contributed by atoms with Crippen LogP contribution >= 0.6 is 0 Å². The fourth-order valence-corrected chi connectivity index (χ4v) is 0.913. The Labute approximate surface area is 62.5 Å². The highest BCUT2D eigenvalue weighted by Crippen LogP contribution is 2.14. The topological polar surface area (TPSA) is 71.4 Å². The van der Waals surface area contributed by atoms with E-state index in [0.29, 0.717) is 0 Å². The van der Waals surface area contributed by atoms with Gasteiger partial charge in [-0.1, -0.05) is 0 Å². The first kappa shape index (κ1) is 7.65. The number of carboxylic acids is 1. The molecule has 0 aromatic heterocycles.